The number of anilines is 1. The van der Waals surface area contributed by atoms with Crippen molar-refractivity contribution < 1.29 is 78.9 Å². The first-order chi connectivity index (χ1) is 50.1. The van der Waals surface area contributed by atoms with Gasteiger partial charge in [0.1, 0.15) is 34.7 Å². The zero-order chi connectivity index (χ0) is 70.4. The summed E-state index contributed by atoms with van der Waals surface area (Å²) in [5.74, 6) is -0.868. The molecule has 0 spiro atoms. The Morgan fingerprint density at radius 1 is 0.641 bits per heavy atom. The number of nitrogens with one attached hydrogen (secondary N) is 2. The van der Waals surface area contributed by atoms with E-state index in [4.69, 9.17) is 47.7 Å². The largest absolute Gasteiger partial charge is 1.00 e. The Hall–Kier alpha value is -9.88. The summed E-state index contributed by atoms with van der Waals surface area (Å²) in [5.41, 5.74) is 4.46. The first-order valence-corrected chi connectivity index (χ1v) is 36.1. The second-order valence-electron chi connectivity index (χ2n) is 24.0. The van der Waals surface area contributed by atoms with E-state index in [1.54, 1.807) is 59.7 Å². The normalized spacial score (nSPS) is 15.6. The fourth-order valence-corrected chi connectivity index (χ4v) is 15.4. The Kier molecular flexibility index (Phi) is 26.6. The molecule has 2 N–H and O–H groups in total. The Bertz CT molecular complexity index is 4200. The molecule has 3 atom stereocenters. The van der Waals surface area contributed by atoms with Crippen molar-refractivity contribution >= 4 is 69.5 Å². The van der Waals surface area contributed by atoms with Crippen LogP contribution < -0.4 is 37.1 Å². The van der Waals surface area contributed by atoms with Crippen molar-refractivity contribution in [2.24, 2.45) is 10.6 Å². The monoisotopic (exact) mass is 1460 g/mol. The molecule has 2 saturated heterocycles. The lowest BCUT2D eigenvalue weighted by atomic mass is 9.77. The van der Waals surface area contributed by atoms with Gasteiger partial charge in [0.25, 0.3) is 5.91 Å². The Balaban J connectivity index is 0.0000106. The minimum atomic E-state index is -1.25. The molecule has 0 bridgehead atoms. The van der Waals surface area contributed by atoms with Gasteiger partial charge < -0.3 is 70.7 Å². The summed E-state index contributed by atoms with van der Waals surface area (Å²) in [6.45, 7) is 1.00. The average molecular weight is 1460 g/mol. The highest BCUT2D eigenvalue weighted by molar-refractivity contribution is 8.00. The van der Waals surface area contributed by atoms with Gasteiger partial charge in [0.05, 0.1) is 26.4 Å². The second kappa shape index (κ2) is 36.8. The molecule has 530 valence electrons. The van der Waals surface area contributed by atoms with E-state index in [-0.39, 0.29) is 68.6 Å². The highest BCUT2D eigenvalue weighted by Crippen LogP contribution is 2.47. The number of pyridine rings is 1. The lowest BCUT2D eigenvalue weighted by Gasteiger charge is -2.54. The minimum Gasteiger partial charge on any atom is -1.00 e. The zero-order valence-corrected chi connectivity index (χ0v) is 59.8. The first kappa shape index (κ1) is 74.3. The van der Waals surface area contributed by atoms with Gasteiger partial charge in [-0.1, -0.05) is 224 Å². The third-order valence-electron chi connectivity index (χ3n) is 17.2. The first-order valence-electron chi connectivity index (χ1n) is 33.2. The summed E-state index contributed by atoms with van der Waals surface area (Å²) in [6, 6.07) is 76.5. The van der Waals surface area contributed by atoms with Gasteiger partial charge in [0, 0.05) is 54.7 Å². The topological polar surface area (TPSA) is 208 Å². The van der Waals surface area contributed by atoms with E-state index >= 15 is 9.59 Å². The van der Waals surface area contributed by atoms with E-state index in [2.05, 4.69) is 52.2 Å². The van der Waals surface area contributed by atoms with E-state index in [0.717, 1.165) is 43.8 Å². The van der Waals surface area contributed by atoms with Gasteiger partial charge in [-0.05, 0) is 56.6 Å². The molecule has 2 aliphatic rings. The summed E-state index contributed by atoms with van der Waals surface area (Å²) in [7, 11) is 3.17. The number of amides is 2. The van der Waals surface area contributed by atoms with Gasteiger partial charge in [-0.2, -0.15) is 4.57 Å². The smallest absolute Gasteiger partial charge is 0.373 e. The molecule has 4 heterocycles. The van der Waals surface area contributed by atoms with Crippen LogP contribution in [0.4, 0.5) is 5.13 Å². The number of esters is 2. The van der Waals surface area contributed by atoms with Gasteiger partial charge in [-0.15, -0.1) is 34.9 Å². The number of hydrogen-bond donors (Lipinski definition) is 2. The Labute approximate surface area is 617 Å². The maximum absolute atomic E-state index is 15.4. The number of fused-ring (bicyclic) bond motifs is 1. The van der Waals surface area contributed by atoms with E-state index in [1.807, 2.05) is 188 Å². The molecule has 0 radical (unpaired) electrons. The molecule has 0 saturated carbocycles. The summed E-state index contributed by atoms with van der Waals surface area (Å²) < 4.78 is 47.9. The molecule has 103 heavy (non-hydrogen) atoms. The number of hydrogen-bond acceptors (Lipinski definition) is 19. The quantitative estimate of drug-likeness (QED) is 0.00436. The van der Waals surface area contributed by atoms with Crippen molar-refractivity contribution in [2.75, 3.05) is 77.6 Å². The number of carbonyl (C=O) groups is 4. The number of β-lactam (4-membered cyclic amide) rings is 1. The number of rotatable bonds is 35. The summed E-state index contributed by atoms with van der Waals surface area (Å²) >= 11 is 4.11. The molecule has 23 heteroatoms. The van der Waals surface area contributed by atoms with Crippen LogP contribution in [0.5, 0.6) is 11.5 Å². The third kappa shape index (κ3) is 18.7. The highest BCUT2D eigenvalue weighted by atomic mass is 35.5. The molecule has 19 nitrogen and oxygen atoms in total. The minimum absolute atomic E-state index is 0. The molecule has 10 aromatic rings. The van der Waals surface area contributed by atoms with E-state index in [9.17, 15) is 9.59 Å². The van der Waals surface area contributed by atoms with Crippen molar-refractivity contribution in [2.45, 2.75) is 47.2 Å². The number of aromatic nitrogens is 2. The zero-order valence-electron chi connectivity index (χ0n) is 56.6. The van der Waals surface area contributed by atoms with Crippen molar-refractivity contribution in [3.8, 4) is 11.5 Å². The van der Waals surface area contributed by atoms with Crippen LogP contribution in [0.3, 0.4) is 0 Å². The van der Waals surface area contributed by atoms with Crippen molar-refractivity contribution in [3.05, 3.63) is 311 Å². The Morgan fingerprint density at radius 3 is 1.65 bits per heavy atom. The number of carbonyl (C=O) groups excluding carboxylic acids is 4. The summed E-state index contributed by atoms with van der Waals surface area (Å²) in [4.78, 5) is 72.8. The molecule has 2 unspecified atom stereocenters. The molecule has 12 rings (SSSR count). The van der Waals surface area contributed by atoms with Gasteiger partial charge in [0.15, 0.2) is 60.5 Å². The predicted octanol–water partition coefficient (Wildman–Crippen LogP) is 9.60. The van der Waals surface area contributed by atoms with Crippen LogP contribution in [0.25, 0.3) is 0 Å². The number of methoxy groups -OCH3 is 2. The lowest BCUT2D eigenvalue weighted by Crippen LogP contribution is -3.00. The number of nitrogens with zero attached hydrogens (tertiary/aromatic N) is 4. The summed E-state index contributed by atoms with van der Waals surface area (Å²) in [6.07, 6.45) is 2.25. The van der Waals surface area contributed by atoms with Gasteiger partial charge in [-0.3, -0.25) is 14.4 Å². The number of thiazole rings is 1. The molecular formula is C80H77ClN6O13S3. The van der Waals surface area contributed by atoms with Crippen LogP contribution >= 0.6 is 34.9 Å². The number of ether oxygens (including phenoxy) is 8. The van der Waals surface area contributed by atoms with Crippen molar-refractivity contribution in [1.29, 1.82) is 0 Å². The molecule has 2 aromatic heterocycles. The van der Waals surface area contributed by atoms with Crippen LogP contribution in [0.2, 0.25) is 0 Å². The third-order valence-corrected chi connectivity index (χ3v) is 20.8. The van der Waals surface area contributed by atoms with Gasteiger partial charge >= 0.3 is 11.9 Å². The number of halogens is 1. The second-order valence-corrected chi connectivity index (χ2v) is 27.0. The highest BCUT2D eigenvalue weighted by Gasteiger charge is 2.58. The predicted molar refractivity (Wildman–Crippen MR) is 391 cm³/mol. The van der Waals surface area contributed by atoms with Crippen molar-refractivity contribution in [3.63, 3.8) is 0 Å². The number of thioether (sulfide) groups is 2. The van der Waals surface area contributed by atoms with Crippen LogP contribution in [0, 0.1) is 5.41 Å². The molecule has 2 fully saturated rings. The van der Waals surface area contributed by atoms with Crippen LogP contribution in [0.15, 0.2) is 270 Å². The molecule has 8 aromatic carbocycles. The van der Waals surface area contributed by atoms with E-state index in [1.165, 1.54) is 34.9 Å². The number of benzene rings is 8. The van der Waals surface area contributed by atoms with E-state index < -0.39 is 58.3 Å². The van der Waals surface area contributed by atoms with Crippen LogP contribution in [-0.4, -0.2) is 123 Å². The fraction of sp³-hybridized carbons (Fsp3) is 0.237. The molecule has 0 aliphatic carbocycles. The van der Waals surface area contributed by atoms with Crippen LogP contribution in [-0.2, 0) is 71.1 Å². The maximum atomic E-state index is 15.4. The van der Waals surface area contributed by atoms with E-state index in [0.29, 0.717) is 48.6 Å². The standard InChI is InChI=1S/C80H76N6O13S3.ClH/c1-91-44-46-93-55-95-67-39-38-57(48-68(67)96-56-94-47-45-92-2)50-97-84-70(66-51-100-78(81-66)83-80(62-32-18-7-19-33-62,63-34-20-8-21-35-63)64-36-22-9-23-37-64)74(88)82-71-75(89)86-52-79(54-102-76(71)86,77(90)99-73(60-28-14-5-15-29-60)61-30-16-6-17-31-61)53-101-65-40-42-85(43-41-65)49-69(87)98-72(58-24-10-3-11-25-58)59-26-12-4-13-27-59;/h3-43,48,51,71-73,76H,44-47,49-50,52-56H2,1-2H3,(H-,81,82,83,88);1H/t71?,76-,79?;/m1./s1. The number of oxime groups is 1. The van der Waals surface area contributed by atoms with Crippen molar-refractivity contribution in [1.82, 2.24) is 15.2 Å². The molecular weight excluding hydrogens is 1380 g/mol. The fourth-order valence-electron chi connectivity index (χ4n) is 11.9. The Morgan fingerprint density at radius 2 is 1.14 bits per heavy atom. The molecule has 2 amide bonds. The lowest BCUT2D eigenvalue weighted by molar-refractivity contribution is -0.686. The maximum Gasteiger partial charge on any atom is 0.373 e. The average Bonchev–Trinajstić information content (AvgIpc) is 1.66. The van der Waals surface area contributed by atoms with Gasteiger partial charge in [-0.25, -0.2) is 9.78 Å². The summed E-state index contributed by atoms with van der Waals surface area (Å²) in [5, 5.41) is 13.0. The van der Waals surface area contributed by atoms with Crippen LogP contribution in [0.1, 0.15) is 62.4 Å². The molecule has 2 aliphatic heterocycles. The van der Waals surface area contributed by atoms with Gasteiger partial charge in [0.2, 0.25) is 12.5 Å². The SMILES string of the molecule is COCCOCOc1ccc(CON=C(C(=O)NC2C(=O)N3CC(CSc4cc[n+](CC(=O)OC(c5ccccc5)c5ccccc5)cc4)(C(=O)OC(c4ccccc4)c4ccccc4)CS[C@H]23)c2csc(NC(c3ccccc3)(c3ccccc3)c3ccccc3)n2)cc1OCOCCOC.[Cl-].